The molecule has 1 saturated carbocycles. The highest BCUT2D eigenvalue weighted by molar-refractivity contribution is 6.19. The topological polar surface area (TPSA) is 107 Å². The minimum atomic E-state index is -0.924. The molecule has 0 aromatic heterocycles. The fraction of sp³-hybridized carbons (Fsp3) is 0.524. The summed E-state index contributed by atoms with van der Waals surface area (Å²) in [5.41, 5.74) is -0.340. The minimum absolute atomic E-state index is 0.0624. The highest BCUT2D eigenvalue weighted by Gasteiger charge is 2.51. The van der Waals surface area contributed by atoms with Crippen LogP contribution in [0.4, 0.5) is 14.9 Å². The van der Waals surface area contributed by atoms with Crippen LogP contribution >= 0.6 is 0 Å². The molecule has 0 radical (unpaired) electrons. The number of carbonyl (C=O) groups excluding carboxylic acids is 3. The number of benzene rings is 1. The quantitative estimate of drug-likeness (QED) is 0.764. The molecule has 3 aliphatic rings. The van der Waals surface area contributed by atoms with Gasteiger partial charge in [-0.1, -0.05) is 12.8 Å². The van der Waals surface area contributed by atoms with E-state index in [-0.39, 0.29) is 24.4 Å². The van der Waals surface area contributed by atoms with Crippen LogP contribution in [0.25, 0.3) is 0 Å². The number of anilines is 1. The molecule has 2 saturated heterocycles. The van der Waals surface area contributed by atoms with Gasteiger partial charge in [0.15, 0.2) is 0 Å². The summed E-state index contributed by atoms with van der Waals surface area (Å²) < 4.78 is 13.3. The Balaban J connectivity index is 1.55. The van der Waals surface area contributed by atoms with E-state index < -0.39 is 41.2 Å². The number of fused-ring (bicyclic) bond motifs is 1. The number of carboxylic acid groups (broad SMARTS) is 1. The number of imide groups is 1. The molecular weight excluding hydrogens is 393 g/mol. The number of carbonyl (C=O) groups is 4. The summed E-state index contributed by atoms with van der Waals surface area (Å²) in [6, 6.07) is 3.09. The molecule has 8 nitrogen and oxygen atoms in total. The molecule has 2 N–H and O–H groups in total. The van der Waals surface area contributed by atoms with Crippen LogP contribution in [0.3, 0.4) is 0 Å². The Morgan fingerprint density at radius 3 is 2.43 bits per heavy atom. The smallest absolute Gasteiger partial charge is 0.329 e. The summed E-state index contributed by atoms with van der Waals surface area (Å²) in [7, 11) is 0. The Morgan fingerprint density at radius 1 is 1.13 bits per heavy atom. The van der Waals surface area contributed by atoms with Crippen molar-refractivity contribution in [3.8, 4) is 0 Å². The van der Waals surface area contributed by atoms with Gasteiger partial charge in [-0.15, -0.1) is 0 Å². The second kappa shape index (κ2) is 7.70. The SMILES string of the molecule is O=C(O)CC1(CC(=O)N2CCC3NC(=O)N(c4ccc(F)cc4)C(=O)C32)CCCC1. The summed E-state index contributed by atoms with van der Waals surface area (Å²) in [6.45, 7) is 0.320. The number of likely N-dealkylation sites (tertiary alicyclic amines) is 1. The molecule has 1 aliphatic carbocycles. The summed E-state index contributed by atoms with van der Waals surface area (Å²) >= 11 is 0. The van der Waals surface area contributed by atoms with Crippen LogP contribution < -0.4 is 10.2 Å². The van der Waals surface area contributed by atoms with E-state index in [1.54, 1.807) is 0 Å². The highest BCUT2D eigenvalue weighted by atomic mass is 19.1. The van der Waals surface area contributed by atoms with E-state index in [1.807, 2.05) is 0 Å². The molecule has 2 atom stereocenters. The van der Waals surface area contributed by atoms with E-state index in [1.165, 1.54) is 17.0 Å². The number of amides is 4. The monoisotopic (exact) mass is 417 g/mol. The molecule has 0 spiro atoms. The first kappa shape index (κ1) is 20.3. The van der Waals surface area contributed by atoms with Crippen LogP contribution in [0.1, 0.15) is 44.9 Å². The number of aliphatic carboxylic acids is 1. The van der Waals surface area contributed by atoms with E-state index in [2.05, 4.69) is 5.32 Å². The zero-order valence-electron chi connectivity index (χ0n) is 16.5. The second-order valence-electron chi connectivity index (χ2n) is 8.48. The van der Waals surface area contributed by atoms with Crippen LogP contribution in [0.2, 0.25) is 0 Å². The van der Waals surface area contributed by atoms with Gasteiger partial charge in [0.2, 0.25) is 5.91 Å². The maximum atomic E-state index is 13.3. The van der Waals surface area contributed by atoms with Crippen molar-refractivity contribution in [1.82, 2.24) is 10.2 Å². The van der Waals surface area contributed by atoms with Gasteiger partial charge in [0.1, 0.15) is 11.9 Å². The van der Waals surface area contributed by atoms with Crippen molar-refractivity contribution in [2.24, 2.45) is 5.41 Å². The fourth-order valence-electron chi connectivity index (χ4n) is 5.10. The third-order valence-corrected chi connectivity index (χ3v) is 6.51. The molecule has 4 amide bonds. The Kier molecular flexibility index (Phi) is 5.21. The number of urea groups is 1. The summed E-state index contributed by atoms with van der Waals surface area (Å²) in [5.74, 6) is -2.19. The number of nitrogens with zero attached hydrogens (tertiary/aromatic N) is 2. The molecular formula is C21H24FN3O5. The lowest BCUT2D eigenvalue weighted by atomic mass is 9.79. The molecule has 0 bridgehead atoms. The molecule has 2 aliphatic heterocycles. The Hall–Kier alpha value is -2.97. The van der Waals surface area contributed by atoms with Gasteiger partial charge in [-0.05, 0) is 48.9 Å². The molecule has 3 fully saturated rings. The van der Waals surface area contributed by atoms with Crippen molar-refractivity contribution in [2.45, 2.75) is 57.0 Å². The van der Waals surface area contributed by atoms with Gasteiger partial charge >= 0.3 is 12.0 Å². The molecule has 1 aromatic rings. The normalized spacial score (nSPS) is 25.2. The summed E-state index contributed by atoms with van der Waals surface area (Å²) in [5, 5.41) is 12.1. The lowest BCUT2D eigenvalue weighted by Crippen LogP contribution is -2.65. The van der Waals surface area contributed by atoms with Gasteiger partial charge in [0.25, 0.3) is 5.91 Å². The van der Waals surface area contributed by atoms with E-state index >= 15 is 0 Å². The Morgan fingerprint density at radius 2 is 1.80 bits per heavy atom. The summed E-state index contributed by atoms with van der Waals surface area (Å²) in [4.78, 5) is 52.6. The Labute approximate surface area is 173 Å². The lowest BCUT2D eigenvalue weighted by Gasteiger charge is -2.38. The Bertz CT molecular complexity index is 881. The fourth-order valence-corrected chi connectivity index (χ4v) is 5.10. The first-order valence-corrected chi connectivity index (χ1v) is 10.2. The van der Waals surface area contributed by atoms with E-state index in [4.69, 9.17) is 0 Å². The highest BCUT2D eigenvalue weighted by Crippen LogP contribution is 2.45. The lowest BCUT2D eigenvalue weighted by molar-refractivity contribution is -0.143. The number of halogens is 1. The van der Waals surface area contributed by atoms with Crippen molar-refractivity contribution < 1.29 is 28.7 Å². The molecule has 2 unspecified atom stereocenters. The zero-order valence-corrected chi connectivity index (χ0v) is 16.5. The van der Waals surface area contributed by atoms with Crippen molar-refractivity contribution in [3.63, 3.8) is 0 Å². The van der Waals surface area contributed by atoms with Gasteiger partial charge in [0, 0.05) is 13.0 Å². The maximum Gasteiger partial charge on any atom is 0.329 e. The van der Waals surface area contributed by atoms with Crippen molar-refractivity contribution in [1.29, 1.82) is 0 Å². The number of carboxylic acids is 1. The molecule has 9 heteroatoms. The van der Waals surface area contributed by atoms with Gasteiger partial charge in [-0.2, -0.15) is 0 Å². The van der Waals surface area contributed by atoms with Gasteiger partial charge < -0.3 is 15.3 Å². The average molecular weight is 417 g/mol. The predicted molar refractivity (Wildman–Crippen MR) is 104 cm³/mol. The maximum absolute atomic E-state index is 13.3. The van der Waals surface area contributed by atoms with Crippen LogP contribution in [-0.2, 0) is 14.4 Å². The molecule has 1 aromatic carbocycles. The van der Waals surface area contributed by atoms with Crippen LogP contribution in [-0.4, -0.2) is 52.4 Å². The van der Waals surface area contributed by atoms with E-state index in [0.29, 0.717) is 25.8 Å². The van der Waals surface area contributed by atoms with Gasteiger partial charge in [0.05, 0.1) is 18.2 Å². The van der Waals surface area contributed by atoms with E-state index in [0.717, 1.165) is 29.9 Å². The molecule has 30 heavy (non-hydrogen) atoms. The van der Waals surface area contributed by atoms with Crippen molar-refractivity contribution in [2.75, 3.05) is 11.4 Å². The average Bonchev–Trinajstić information content (AvgIpc) is 3.30. The predicted octanol–water partition coefficient (Wildman–Crippen LogP) is 2.28. The zero-order chi connectivity index (χ0) is 21.5. The van der Waals surface area contributed by atoms with E-state index in [9.17, 15) is 28.7 Å². The largest absolute Gasteiger partial charge is 0.481 e. The molecule has 160 valence electrons. The number of hydrogen-bond donors (Lipinski definition) is 2. The molecule has 4 rings (SSSR count). The van der Waals surface area contributed by atoms with Gasteiger partial charge in [-0.25, -0.2) is 14.1 Å². The number of nitrogens with one attached hydrogen (secondary N) is 1. The van der Waals surface area contributed by atoms with Crippen LogP contribution in [0, 0.1) is 11.2 Å². The first-order valence-electron chi connectivity index (χ1n) is 10.2. The number of hydrogen-bond acceptors (Lipinski definition) is 4. The third kappa shape index (κ3) is 3.64. The van der Waals surface area contributed by atoms with Crippen molar-refractivity contribution in [3.05, 3.63) is 30.1 Å². The van der Waals surface area contributed by atoms with Crippen LogP contribution in [0.5, 0.6) is 0 Å². The first-order chi connectivity index (χ1) is 14.3. The number of rotatable bonds is 5. The minimum Gasteiger partial charge on any atom is -0.481 e. The molecule has 2 heterocycles. The van der Waals surface area contributed by atoms with Crippen molar-refractivity contribution >= 4 is 29.5 Å². The summed E-state index contributed by atoms with van der Waals surface area (Å²) in [6.07, 6.45) is 3.61. The second-order valence-corrected chi connectivity index (χ2v) is 8.48. The van der Waals surface area contributed by atoms with Gasteiger partial charge in [-0.3, -0.25) is 14.4 Å². The van der Waals surface area contributed by atoms with Crippen LogP contribution in [0.15, 0.2) is 24.3 Å². The standard InChI is InChI=1S/C21H24FN3O5/c22-13-3-5-14(6-4-13)25-19(29)18-15(23-20(25)30)7-10-24(18)16(26)11-21(12-17(27)28)8-1-2-9-21/h3-6,15,18H,1-2,7-12H2,(H,23,30)(H,27,28). The third-order valence-electron chi connectivity index (χ3n) is 6.51.